The predicted molar refractivity (Wildman–Crippen MR) is 134 cm³/mol. The predicted octanol–water partition coefficient (Wildman–Crippen LogP) is 4.64. The molecule has 2 amide bonds. The highest BCUT2D eigenvalue weighted by Gasteiger charge is 2.55. The summed E-state index contributed by atoms with van der Waals surface area (Å²) in [6.45, 7) is 2.48. The number of nitrogens with zero attached hydrogens (tertiary/aromatic N) is 3. The Kier molecular flexibility index (Phi) is 5.35. The summed E-state index contributed by atoms with van der Waals surface area (Å²) < 4.78 is 5.62. The van der Waals surface area contributed by atoms with E-state index in [4.69, 9.17) is 15.5 Å². The normalized spacial score (nSPS) is 19.8. The molecule has 2 N–H and O–H groups in total. The summed E-state index contributed by atoms with van der Waals surface area (Å²) in [5, 5.41) is 0. The molecule has 1 saturated heterocycles. The number of hydrogen-bond donors (Lipinski definition) is 1. The molecule has 2 aliphatic carbocycles. The molecule has 2 aliphatic heterocycles. The van der Waals surface area contributed by atoms with Crippen molar-refractivity contribution < 1.29 is 14.3 Å². The third-order valence-electron chi connectivity index (χ3n) is 7.59. The van der Waals surface area contributed by atoms with Crippen LogP contribution in [-0.2, 0) is 11.3 Å². The summed E-state index contributed by atoms with van der Waals surface area (Å²) in [6, 6.07) is 13.8. The highest BCUT2D eigenvalue weighted by molar-refractivity contribution is 5.98. The second-order valence-corrected chi connectivity index (χ2v) is 9.99. The number of benzene rings is 2. The third kappa shape index (κ3) is 4.20. The van der Waals surface area contributed by atoms with Gasteiger partial charge in [-0.25, -0.2) is 9.79 Å². The number of carbonyl (C=O) groups excluding carboxylic acids is 2. The first-order chi connectivity index (χ1) is 17.0. The van der Waals surface area contributed by atoms with Crippen LogP contribution in [-0.4, -0.2) is 52.9 Å². The van der Waals surface area contributed by atoms with Gasteiger partial charge in [0.1, 0.15) is 11.4 Å². The van der Waals surface area contributed by atoms with E-state index >= 15 is 0 Å². The van der Waals surface area contributed by atoms with Gasteiger partial charge in [-0.05, 0) is 79.0 Å². The molecule has 2 fully saturated rings. The highest BCUT2D eigenvalue weighted by Crippen LogP contribution is 2.46. The fraction of sp³-hybridized carbons (Fsp3) is 0.393. The maximum absolute atomic E-state index is 13.1. The molecule has 4 aliphatic rings. The fourth-order valence-corrected chi connectivity index (χ4v) is 5.12. The Morgan fingerprint density at radius 2 is 1.74 bits per heavy atom. The highest BCUT2D eigenvalue weighted by atomic mass is 16.6. The molecule has 2 aromatic carbocycles. The number of aliphatic imine (C=N–C) groups is 1. The van der Waals surface area contributed by atoms with E-state index in [0.29, 0.717) is 30.5 Å². The van der Waals surface area contributed by atoms with Gasteiger partial charge in [-0.2, -0.15) is 0 Å². The van der Waals surface area contributed by atoms with Crippen LogP contribution in [0.1, 0.15) is 48.0 Å². The zero-order valence-electron chi connectivity index (χ0n) is 19.8. The lowest BCUT2D eigenvalue weighted by Crippen LogP contribution is -2.49. The second-order valence-electron chi connectivity index (χ2n) is 9.99. The van der Waals surface area contributed by atoms with Crippen molar-refractivity contribution in [3.05, 3.63) is 65.7 Å². The number of amidine groups is 1. The van der Waals surface area contributed by atoms with Crippen LogP contribution in [0.4, 0.5) is 10.5 Å². The molecule has 1 saturated carbocycles. The minimum absolute atomic E-state index is 0.0992. The minimum Gasteiger partial charge on any atom is -0.449 e. The Morgan fingerprint density at radius 1 is 1.03 bits per heavy atom. The lowest BCUT2D eigenvalue weighted by Gasteiger charge is -2.29. The van der Waals surface area contributed by atoms with Crippen LogP contribution in [0.2, 0.25) is 0 Å². The number of allylic oxidation sites excluding steroid dienone is 2. The maximum Gasteiger partial charge on any atom is 0.410 e. The van der Waals surface area contributed by atoms with Crippen molar-refractivity contribution in [3.63, 3.8) is 0 Å². The maximum atomic E-state index is 13.1. The SMILES string of the molecule is NC1=Nc2ccc(-c3ccc(C(=O)N4CCCC4)cc3)cc2CN(C(=O)OCCC2C=C2)C12CC2. The van der Waals surface area contributed by atoms with Crippen molar-refractivity contribution in [2.45, 2.75) is 44.2 Å². The van der Waals surface area contributed by atoms with E-state index in [1.165, 1.54) is 0 Å². The number of likely N-dealkylation sites (tertiary alicyclic amines) is 1. The van der Waals surface area contributed by atoms with Gasteiger partial charge in [0.15, 0.2) is 0 Å². The fourth-order valence-electron chi connectivity index (χ4n) is 5.12. The zero-order chi connectivity index (χ0) is 24.0. The second kappa shape index (κ2) is 8.56. The number of carbonyl (C=O) groups is 2. The van der Waals surface area contributed by atoms with Crippen molar-refractivity contribution in [1.29, 1.82) is 0 Å². The molecule has 0 atom stereocenters. The first kappa shape index (κ1) is 21.9. The summed E-state index contributed by atoms with van der Waals surface area (Å²) >= 11 is 0. The van der Waals surface area contributed by atoms with E-state index < -0.39 is 5.54 Å². The number of ether oxygens (including phenoxy) is 1. The molecule has 0 unspecified atom stereocenters. The standard InChI is InChI=1S/C28H30N4O3/c29-26-28(12-13-28)32(27(34)35-16-11-19-3-4-19)18-23-17-22(9-10-24(23)30-26)20-5-7-21(8-6-20)25(33)31-14-1-2-15-31/h3-10,17,19H,1-2,11-16,18H2,(H2,29,30). The van der Waals surface area contributed by atoms with Gasteiger partial charge in [0.2, 0.25) is 0 Å². The van der Waals surface area contributed by atoms with Gasteiger partial charge < -0.3 is 15.4 Å². The van der Waals surface area contributed by atoms with Crippen molar-refractivity contribution >= 4 is 23.5 Å². The van der Waals surface area contributed by atoms with Crippen molar-refractivity contribution in [2.75, 3.05) is 19.7 Å². The number of rotatable bonds is 5. The smallest absolute Gasteiger partial charge is 0.410 e. The molecule has 7 nitrogen and oxygen atoms in total. The molecular weight excluding hydrogens is 440 g/mol. The zero-order valence-corrected chi connectivity index (χ0v) is 19.8. The molecular formula is C28H30N4O3. The van der Waals surface area contributed by atoms with Crippen molar-refractivity contribution in [2.24, 2.45) is 16.6 Å². The van der Waals surface area contributed by atoms with E-state index in [9.17, 15) is 9.59 Å². The quantitative estimate of drug-likeness (QED) is 0.645. The van der Waals surface area contributed by atoms with Gasteiger partial charge in [-0.3, -0.25) is 9.69 Å². The number of fused-ring (bicyclic) bond motifs is 1. The van der Waals surface area contributed by atoms with Crippen LogP contribution in [0.5, 0.6) is 0 Å². The van der Waals surface area contributed by atoms with Gasteiger partial charge in [0, 0.05) is 18.7 Å². The van der Waals surface area contributed by atoms with Crippen molar-refractivity contribution in [1.82, 2.24) is 9.80 Å². The lowest BCUT2D eigenvalue weighted by molar-refractivity contribution is 0.0792. The van der Waals surface area contributed by atoms with E-state index in [0.717, 1.165) is 67.6 Å². The summed E-state index contributed by atoms with van der Waals surface area (Å²) in [5.41, 5.74) is 10.3. The van der Waals surface area contributed by atoms with Gasteiger partial charge in [-0.15, -0.1) is 0 Å². The van der Waals surface area contributed by atoms with E-state index in [1.54, 1.807) is 4.90 Å². The monoisotopic (exact) mass is 470 g/mol. The summed E-state index contributed by atoms with van der Waals surface area (Å²) in [6.07, 6.45) is 8.48. The molecule has 0 radical (unpaired) electrons. The van der Waals surface area contributed by atoms with Crippen LogP contribution in [0.25, 0.3) is 11.1 Å². The molecule has 35 heavy (non-hydrogen) atoms. The largest absolute Gasteiger partial charge is 0.449 e. The average molecular weight is 471 g/mol. The Hall–Kier alpha value is -3.61. The van der Waals surface area contributed by atoms with Crippen LogP contribution in [0, 0.1) is 5.92 Å². The van der Waals surface area contributed by atoms with Gasteiger partial charge in [0.25, 0.3) is 5.91 Å². The number of hydrogen-bond acceptors (Lipinski definition) is 5. The van der Waals surface area contributed by atoms with E-state index in [2.05, 4.69) is 18.2 Å². The van der Waals surface area contributed by atoms with Crippen LogP contribution in [0.15, 0.2) is 59.6 Å². The number of nitrogens with two attached hydrogens (primary N) is 1. The number of amides is 2. The van der Waals surface area contributed by atoms with Crippen LogP contribution < -0.4 is 5.73 Å². The molecule has 0 aromatic heterocycles. The Morgan fingerprint density at radius 3 is 2.43 bits per heavy atom. The molecule has 2 heterocycles. The summed E-state index contributed by atoms with van der Waals surface area (Å²) in [4.78, 5) is 34.1. The van der Waals surface area contributed by atoms with Gasteiger partial charge in [0.05, 0.1) is 18.8 Å². The van der Waals surface area contributed by atoms with E-state index in [1.807, 2.05) is 41.3 Å². The third-order valence-corrected chi connectivity index (χ3v) is 7.59. The van der Waals surface area contributed by atoms with Crippen LogP contribution >= 0.6 is 0 Å². The van der Waals surface area contributed by atoms with Crippen LogP contribution in [0.3, 0.4) is 0 Å². The van der Waals surface area contributed by atoms with Crippen molar-refractivity contribution in [3.8, 4) is 11.1 Å². The first-order valence-corrected chi connectivity index (χ1v) is 12.5. The van der Waals surface area contributed by atoms with Gasteiger partial charge >= 0.3 is 6.09 Å². The molecule has 1 spiro atoms. The molecule has 7 heteroatoms. The Balaban J connectivity index is 1.23. The molecule has 180 valence electrons. The van der Waals surface area contributed by atoms with Gasteiger partial charge in [-0.1, -0.05) is 30.4 Å². The lowest BCUT2D eigenvalue weighted by atomic mass is 10.00. The Bertz CT molecular complexity index is 1220. The first-order valence-electron chi connectivity index (χ1n) is 12.5. The summed E-state index contributed by atoms with van der Waals surface area (Å²) in [5.74, 6) is 1.05. The summed E-state index contributed by atoms with van der Waals surface area (Å²) in [7, 11) is 0. The topological polar surface area (TPSA) is 88.2 Å². The minimum atomic E-state index is -0.536. The molecule has 0 bridgehead atoms. The van der Waals surface area contributed by atoms with E-state index in [-0.39, 0.29) is 12.0 Å². The molecule has 6 rings (SSSR count). The molecule has 2 aromatic rings. The Labute approximate surface area is 205 Å². The average Bonchev–Trinajstić information content (AvgIpc) is 3.81.